The second-order valence-corrected chi connectivity index (χ2v) is 2.60. The molecule has 0 radical (unpaired) electrons. The Hall–Kier alpha value is -1.84. The number of hydrogen-bond acceptors (Lipinski definition) is 2. The van der Waals surface area contributed by atoms with E-state index in [1.54, 1.807) is 20.3 Å². The van der Waals surface area contributed by atoms with Crippen LogP contribution in [0.3, 0.4) is 0 Å². The highest BCUT2D eigenvalue weighted by Gasteiger charge is 1.87. The third kappa shape index (κ3) is 3.26. The van der Waals surface area contributed by atoms with Crippen LogP contribution in [0.2, 0.25) is 0 Å². The minimum Gasteiger partial charge on any atom is -0.358 e. The fourth-order valence-electron chi connectivity index (χ4n) is 0.925. The van der Waals surface area contributed by atoms with Gasteiger partial charge in [-0.25, -0.2) is 5.43 Å². The Kier molecular flexibility index (Phi) is 4.20. The van der Waals surface area contributed by atoms with Crippen LogP contribution in [-0.2, 0) is 0 Å². The van der Waals surface area contributed by atoms with E-state index in [0.29, 0.717) is 5.96 Å². The molecular formula is C10H14N4. The predicted octanol–water partition coefficient (Wildman–Crippen LogP) is 0.815. The molecule has 4 heteroatoms. The largest absolute Gasteiger partial charge is 0.358 e. The number of benzene rings is 1. The van der Waals surface area contributed by atoms with Gasteiger partial charge in [-0.05, 0) is 5.56 Å². The maximum Gasteiger partial charge on any atom is 0.211 e. The number of guanidine groups is 1. The minimum absolute atomic E-state index is 0.636. The van der Waals surface area contributed by atoms with Crippen LogP contribution in [0.1, 0.15) is 5.56 Å². The van der Waals surface area contributed by atoms with Crippen LogP contribution in [0.5, 0.6) is 0 Å². The van der Waals surface area contributed by atoms with Gasteiger partial charge in [-0.1, -0.05) is 30.3 Å². The van der Waals surface area contributed by atoms with E-state index in [1.807, 2.05) is 30.3 Å². The van der Waals surface area contributed by atoms with Gasteiger partial charge in [-0.15, -0.1) is 0 Å². The molecular weight excluding hydrogens is 176 g/mol. The monoisotopic (exact) mass is 190 g/mol. The molecule has 0 saturated carbocycles. The fourth-order valence-corrected chi connectivity index (χ4v) is 0.925. The van der Waals surface area contributed by atoms with Gasteiger partial charge in [0.05, 0.1) is 6.21 Å². The van der Waals surface area contributed by atoms with Crippen molar-refractivity contribution in [2.24, 2.45) is 10.1 Å². The van der Waals surface area contributed by atoms with Gasteiger partial charge in [0.25, 0.3) is 0 Å². The van der Waals surface area contributed by atoms with Gasteiger partial charge >= 0.3 is 0 Å². The molecule has 14 heavy (non-hydrogen) atoms. The first kappa shape index (κ1) is 10.2. The van der Waals surface area contributed by atoms with Crippen LogP contribution < -0.4 is 10.7 Å². The Morgan fingerprint density at radius 2 is 2.00 bits per heavy atom. The van der Waals surface area contributed by atoms with E-state index in [-0.39, 0.29) is 0 Å². The Morgan fingerprint density at radius 1 is 1.29 bits per heavy atom. The van der Waals surface area contributed by atoms with Crippen LogP contribution >= 0.6 is 0 Å². The van der Waals surface area contributed by atoms with E-state index in [9.17, 15) is 0 Å². The SMILES string of the molecule is CN=C(NC)N/N=C/c1ccccc1. The lowest BCUT2D eigenvalue weighted by molar-refractivity contribution is 0.943. The van der Waals surface area contributed by atoms with Gasteiger partial charge in [0, 0.05) is 14.1 Å². The average Bonchev–Trinajstić information content (AvgIpc) is 2.26. The number of aliphatic imine (C=N–C) groups is 1. The highest BCUT2D eigenvalue weighted by atomic mass is 15.4. The number of hydrazone groups is 1. The van der Waals surface area contributed by atoms with E-state index < -0.39 is 0 Å². The van der Waals surface area contributed by atoms with Gasteiger partial charge < -0.3 is 5.32 Å². The number of nitrogens with one attached hydrogen (secondary N) is 2. The summed E-state index contributed by atoms with van der Waals surface area (Å²) in [6.45, 7) is 0. The van der Waals surface area contributed by atoms with Gasteiger partial charge in [0.1, 0.15) is 0 Å². The first-order valence-electron chi connectivity index (χ1n) is 4.35. The summed E-state index contributed by atoms with van der Waals surface area (Å²) in [5.74, 6) is 0.636. The minimum atomic E-state index is 0.636. The molecule has 0 unspecified atom stereocenters. The van der Waals surface area contributed by atoms with Gasteiger partial charge in [-0.2, -0.15) is 5.10 Å². The van der Waals surface area contributed by atoms with Crippen LogP contribution in [0.25, 0.3) is 0 Å². The van der Waals surface area contributed by atoms with E-state index in [4.69, 9.17) is 0 Å². The maximum atomic E-state index is 4.02. The summed E-state index contributed by atoms with van der Waals surface area (Å²) in [5, 5.41) is 6.88. The topological polar surface area (TPSA) is 48.8 Å². The summed E-state index contributed by atoms with van der Waals surface area (Å²) < 4.78 is 0. The zero-order chi connectivity index (χ0) is 10.2. The molecule has 0 atom stereocenters. The molecule has 74 valence electrons. The van der Waals surface area contributed by atoms with Crippen molar-refractivity contribution in [3.05, 3.63) is 35.9 Å². The first-order valence-corrected chi connectivity index (χ1v) is 4.35. The molecule has 0 spiro atoms. The summed E-state index contributed by atoms with van der Waals surface area (Å²) in [6.07, 6.45) is 1.74. The Labute approximate surface area is 83.8 Å². The van der Waals surface area contributed by atoms with Crippen molar-refractivity contribution in [2.75, 3.05) is 14.1 Å². The lowest BCUT2D eigenvalue weighted by atomic mass is 10.2. The van der Waals surface area contributed by atoms with E-state index in [0.717, 1.165) is 5.56 Å². The molecule has 0 saturated heterocycles. The normalized spacial score (nSPS) is 11.7. The maximum absolute atomic E-state index is 4.02. The highest BCUT2D eigenvalue weighted by molar-refractivity contribution is 5.83. The van der Waals surface area contributed by atoms with Crippen LogP contribution in [0.4, 0.5) is 0 Å². The zero-order valence-corrected chi connectivity index (χ0v) is 8.36. The molecule has 1 aromatic rings. The molecule has 0 amide bonds. The lowest BCUT2D eigenvalue weighted by Gasteiger charge is -2.01. The number of rotatable bonds is 2. The predicted molar refractivity (Wildman–Crippen MR) is 59.6 cm³/mol. The summed E-state index contributed by atoms with van der Waals surface area (Å²) in [5.41, 5.74) is 3.82. The van der Waals surface area contributed by atoms with Gasteiger partial charge in [-0.3, -0.25) is 4.99 Å². The average molecular weight is 190 g/mol. The van der Waals surface area contributed by atoms with Crippen molar-refractivity contribution < 1.29 is 0 Å². The molecule has 0 bridgehead atoms. The Balaban J connectivity index is 2.49. The van der Waals surface area contributed by atoms with Crippen molar-refractivity contribution in [3.8, 4) is 0 Å². The van der Waals surface area contributed by atoms with Crippen molar-refractivity contribution in [3.63, 3.8) is 0 Å². The van der Waals surface area contributed by atoms with Crippen LogP contribution in [-0.4, -0.2) is 26.3 Å². The smallest absolute Gasteiger partial charge is 0.211 e. The molecule has 2 N–H and O–H groups in total. The molecule has 0 aliphatic rings. The molecule has 1 rings (SSSR count). The van der Waals surface area contributed by atoms with E-state index in [2.05, 4.69) is 20.8 Å². The summed E-state index contributed by atoms with van der Waals surface area (Å²) >= 11 is 0. The Bertz CT molecular complexity index is 316. The van der Waals surface area contributed by atoms with E-state index >= 15 is 0 Å². The molecule has 0 aliphatic heterocycles. The number of hydrogen-bond donors (Lipinski definition) is 2. The zero-order valence-electron chi connectivity index (χ0n) is 8.36. The van der Waals surface area contributed by atoms with Crippen molar-refractivity contribution >= 4 is 12.2 Å². The van der Waals surface area contributed by atoms with Gasteiger partial charge in [0.15, 0.2) is 0 Å². The second kappa shape index (κ2) is 5.75. The van der Waals surface area contributed by atoms with Crippen molar-refractivity contribution in [1.29, 1.82) is 0 Å². The summed E-state index contributed by atoms with van der Waals surface area (Å²) in [4.78, 5) is 3.92. The molecule has 0 heterocycles. The molecule has 0 aromatic heterocycles. The van der Waals surface area contributed by atoms with Crippen molar-refractivity contribution in [2.45, 2.75) is 0 Å². The van der Waals surface area contributed by atoms with Crippen molar-refractivity contribution in [1.82, 2.24) is 10.7 Å². The van der Waals surface area contributed by atoms with Crippen LogP contribution in [0, 0.1) is 0 Å². The fraction of sp³-hybridized carbons (Fsp3) is 0.200. The molecule has 0 fully saturated rings. The standard InChI is InChI=1S/C10H14N4/c1-11-10(12-2)14-13-8-9-6-4-3-5-7-9/h3-8H,1-2H3,(H2,11,12,14)/b13-8+. The van der Waals surface area contributed by atoms with Crippen LogP contribution in [0.15, 0.2) is 40.4 Å². The second-order valence-electron chi connectivity index (χ2n) is 2.60. The highest BCUT2D eigenvalue weighted by Crippen LogP contribution is 1.92. The third-order valence-corrected chi connectivity index (χ3v) is 1.64. The molecule has 4 nitrogen and oxygen atoms in total. The number of nitrogens with zero attached hydrogens (tertiary/aromatic N) is 2. The van der Waals surface area contributed by atoms with E-state index in [1.165, 1.54) is 0 Å². The quantitative estimate of drug-likeness (QED) is 0.412. The van der Waals surface area contributed by atoms with Gasteiger partial charge in [0.2, 0.25) is 5.96 Å². The Morgan fingerprint density at radius 3 is 2.57 bits per heavy atom. The first-order chi connectivity index (χ1) is 6.86. The molecule has 0 aliphatic carbocycles. The molecule has 1 aromatic carbocycles. The summed E-state index contributed by atoms with van der Waals surface area (Å²) in [6, 6.07) is 9.86. The summed E-state index contributed by atoms with van der Waals surface area (Å²) in [7, 11) is 3.48. The third-order valence-electron chi connectivity index (χ3n) is 1.64. The lowest BCUT2D eigenvalue weighted by Crippen LogP contribution is -2.30.